The Morgan fingerprint density at radius 1 is 1.16 bits per heavy atom. The third kappa shape index (κ3) is 4.81. The van der Waals surface area contributed by atoms with Gasteiger partial charge in [-0.1, -0.05) is 30.3 Å². The molecule has 1 atom stereocenters. The van der Waals surface area contributed by atoms with Crippen molar-refractivity contribution in [3.05, 3.63) is 60.4 Å². The second-order valence-corrected chi connectivity index (χ2v) is 6.72. The van der Waals surface area contributed by atoms with Crippen LogP contribution in [-0.2, 0) is 4.79 Å². The molecule has 0 unspecified atom stereocenters. The van der Waals surface area contributed by atoms with Crippen molar-refractivity contribution in [3.8, 4) is 5.75 Å². The molecule has 2 heterocycles. The third-order valence-electron chi connectivity index (χ3n) is 5.04. The SMILES string of the molecule is C[C@@H](C(=O)N1CCC(CCOc2ccncc2)CC1)c1ccccc1. The molecule has 0 N–H and O–H groups in total. The van der Waals surface area contributed by atoms with Crippen molar-refractivity contribution in [3.63, 3.8) is 0 Å². The van der Waals surface area contributed by atoms with Crippen molar-refractivity contribution in [2.24, 2.45) is 5.92 Å². The highest BCUT2D eigenvalue weighted by atomic mass is 16.5. The number of hydrogen-bond acceptors (Lipinski definition) is 3. The van der Waals surface area contributed by atoms with E-state index in [-0.39, 0.29) is 11.8 Å². The van der Waals surface area contributed by atoms with E-state index in [1.54, 1.807) is 12.4 Å². The van der Waals surface area contributed by atoms with Crippen LogP contribution in [0.4, 0.5) is 0 Å². The van der Waals surface area contributed by atoms with Gasteiger partial charge in [-0.15, -0.1) is 0 Å². The van der Waals surface area contributed by atoms with Crippen LogP contribution in [-0.4, -0.2) is 35.5 Å². The smallest absolute Gasteiger partial charge is 0.229 e. The molecule has 1 aliphatic rings. The van der Waals surface area contributed by atoms with Crippen LogP contribution >= 0.6 is 0 Å². The normalized spacial score (nSPS) is 16.4. The summed E-state index contributed by atoms with van der Waals surface area (Å²) in [4.78, 5) is 18.7. The molecule has 0 bridgehead atoms. The first-order valence-electron chi connectivity index (χ1n) is 9.10. The number of pyridine rings is 1. The fourth-order valence-corrected chi connectivity index (χ4v) is 3.38. The monoisotopic (exact) mass is 338 g/mol. The first-order chi connectivity index (χ1) is 12.2. The molecule has 0 aliphatic carbocycles. The third-order valence-corrected chi connectivity index (χ3v) is 5.04. The summed E-state index contributed by atoms with van der Waals surface area (Å²) in [6.45, 7) is 4.45. The lowest BCUT2D eigenvalue weighted by atomic mass is 9.92. The Balaban J connectivity index is 1.41. The lowest BCUT2D eigenvalue weighted by Gasteiger charge is -2.33. The summed E-state index contributed by atoms with van der Waals surface area (Å²) in [7, 11) is 0. The predicted molar refractivity (Wildman–Crippen MR) is 98.5 cm³/mol. The molecule has 4 nitrogen and oxygen atoms in total. The number of benzene rings is 1. The van der Waals surface area contributed by atoms with Gasteiger partial charge in [0.2, 0.25) is 5.91 Å². The zero-order valence-electron chi connectivity index (χ0n) is 14.8. The molecule has 1 aromatic carbocycles. The van der Waals surface area contributed by atoms with Gasteiger partial charge in [-0.3, -0.25) is 9.78 Å². The van der Waals surface area contributed by atoms with Crippen LogP contribution in [0.25, 0.3) is 0 Å². The maximum atomic E-state index is 12.7. The summed E-state index contributed by atoms with van der Waals surface area (Å²) in [5.41, 5.74) is 1.10. The minimum absolute atomic E-state index is 0.0622. The molecule has 1 aromatic heterocycles. The molecule has 0 spiro atoms. The van der Waals surface area contributed by atoms with Gasteiger partial charge in [-0.2, -0.15) is 0 Å². The van der Waals surface area contributed by atoms with Crippen molar-refractivity contribution in [1.29, 1.82) is 0 Å². The first-order valence-corrected chi connectivity index (χ1v) is 9.10. The van der Waals surface area contributed by atoms with E-state index in [1.807, 2.05) is 54.3 Å². The number of carbonyl (C=O) groups is 1. The van der Waals surface area contributed by atoms with Crippen LogP contribution < -0.4 is 4.74 Å². The second kappa shape index (κ2) is 8.65. The molecular formula is C21H26N2O2. The van der Waals surface area contributed by atoms with Gasteiger partial charge in [-0.05, 0) is 49.8 Å². The number of carbonyl (C=O) groups excluding carboxylic acids is 1. The maximum absolute atomic E-state index is 12.7. The van der Waals surface area contributed by atoms with Gasteiger partial charge < -0.3 is 9.64 Å². The Labute approximate surface area is 149 Å². The van der Waals surface area contributed by atoms with E-state index < -0.39 is 0 Å². The Hall–Kier alpha value is -2.36. The molecule has 0 radical (unpaired) electrons. The minimum Gasteiger partial charge on any atom is -0.493 e. The molecule has 132 valence electrons. The van der Waals surface area contributed by atoms with Crippen LogP contribution in [0, 0.1) is 5.92 Å². The van der Waals surface area contributed by atoms with Crippen LogP contribution in [0.5, 0.6) is 5.75 Å². The van der Waals surface area contributed by atoms with Crippen LogP contribution in [0.15, 0.2) is 54.9 Å². The molecule has 1 fully saturated rings. The van der Waals surface area contributed by atoms with E-state index in [2.05, 4.69) is 4.98 Å². The van der Waals surface area contributed by atoms with Gasteiger partial charge in [0.25, 0.3) is 0 Å². The van der Waals surface area contributed by atoms with Gasteiger partial charge in [0.05, 0.1) is 12.5 Å². The highest BCUT2D eigenvalue weighted by Gasteiger charge is 2.26. The molecule has 1 aliphatic heterocycles. The van der Waals surface area contributed by atoms with E-state index in [4.69, 9.17) is 4.74 Å². The van der Waals surface area contributed by atoms with Gasteiger partial charge >= 0.3 is 0 Å². The number of ether oxygens (including phenoxy) is 1. The number of piperidine rings is 1. The Morgan fingerprint density at radius 3 is 2.52 bits per heavy atom. The van der Waals surface area contributed by atoms with E-state index in [9.17, 15) is 4.79 Å². The molecule has 0 saturated carbocycles. The Kier molecular flexibility index (Phi) is 6.04. The largest absolute Gasteiger partial charge is 0.493 e. The summed E-state index contributed by atoms with van der Waals surface area (Å²) in [6, 6.07) is 13.8. The quantitative estimate of drug-likeness (QED) is 0.802. The lowest BCUT2D eigenvalue weighted by Crippen LogP contribution is -2.40. The standard InChI is InChI=1S/C21H26N2O2/c1-17(19-5-3-2-4-6-19)21(24)23-14-9-18(10-15-23)11-16-25-20-7-12-22-13-8-20/h2-8,12-13,17-18H,9-11,14-16H2,1H3/t17-/m1/s1. The summed E-state index contributed by atoms with van der Waals surface area (Å²) in [6.07, 6.45) is 6.65. The van der Waals surface area contributed by atoms with Gasteiger partial charge in [0.1, 0.15) is 5.75 Å². The molecule has 1 amide bonds. The number of rotatable bonds is 6. The molecule has 1 saturated heterocycles. The summed E-state index contributed by atoms with van der Waals surface area (Å²) in [5.74, 6) is 1.70. The molecule has 2 aromatic rings. The van der Waals surface area contributed by atoms with Crippen LogP contribution in [0.2, 0.25) is 0 Å². The van der Waals surface area contributed by atoms with Crippen molar-refractivity contribution in [1.82, 2.24) is 9.88 Å². The lowest BCUT2D eigenvalue weighted by molar-refractivity contribution is -0.133. The zero-order chi connectivity index (χ0) is 17.5. The Morgan fingerprint density at radius 2 is 1.84 bits per heavy atom. The molecular weight excluding hydrogens is 312 g/mol. The topological polar surface area (TPSA) is 42.4 Å². The Bertz CT molecular complexity index is 652. The van der Waals surface area contributed by atoms with Gasteiger partial charge in [0.15, 0.2) is 0 Å². The molecule has 25 heavy (non-hydrogen) atoms. The average molecular weight is 338 g/mol. The number of nitrogens with zero attached hydrogens (tertiary/aromatic N) is 2. The van der Waals surface area contributed by atoms with Crippen molar-refractivity contribution in [2.75, 3.05) is 19.7 Å². The highest BCUT2D eigenvalue weighted by Crippen LogP contribution is 2.25. The first kappa shape index (κ1) is 17.5. The van der Waals surface area contributed by atoms with Gasteiger partial charge in [0, 0.05) is 25.5 Å². The fourth-order valence-electron chi connectivity index (χ4n) is 3.38. The number of likely N-dealkylation sites (tertiary alicyclic amines) is 1. The molecule has 4 heteroatoms. The van der Waals surface area contributed by atoms with E-state index >= 15 is 0 Å². The fraction of sp³-hybridized carbons (Fsp3) is 0.429. The van der Waals surface area contributed by atoms with Crippen molar-refractivity contribution < 1.29 is 9.53 Å². The number of aromatic nitrogens is 1. The summed E-state index contributed by atoms with van der Waals surface area (Å²) < 4.78 is 5.76. The number of amides is 1. The van der Waals surface area contributed by atoms with Gasteiger partial charge in [-0.25, -0.2) is 0 Å². The average Bonchev–Trinajstić information content (AvgIpc) is 2.69. The molecule has 3 rings (SSSR count). The van der Waals surface area contributed by atoms with Crippen molar-refractivity contribution >= 4 is 5.91 Å². The minimum atomic E-state index is -0.0622. The summed E-state index contributed by atoms with van der Waals surface area (Å²) >= 11 is 0. The maximum Gasteiger partial charge on any atom is 0.229 e. The zero-order valence-corrected chi connectivity index (χ0v) is 14.8. The van der Waals surface area contributed by atoms with Crippen LogP contribution in [0.1, 0.15) is 37.7 Å². The van der Waals surface area contributed by atoms with E-state index in [0.29, 0.717) is 5.92 Å². The van der Waals surface area contributed by atoms with E-state index in [1.165, 1.54) is 0 Å². The van der Waals surface area contributed by atoms with Crippen molar-refractivity contribution in [2.45, 2.75) is 32.1 Å². The predicted octanol–water partition coefficient (Wildman–Crippen LogP) is 3.89. The van der Waals surface area contributed by atoms with E-state index in [0.717, 1.165) is 50.3 Å². The number of hydrogen-bond donors (Lipinski definition) is 0. The van der Waals surface area contributed by atoms with Crippen LogP contribution in [0.3, 0.4) is 0 Å². The summed E-state index contributed by atoms with van der Waals surface area (Å²) in [5, 5.41) is 0. The second-order valence-electron chi connectivity index (χ2n) is 6.72. The highest BCUT2D eigenvalue weighted by molar-refractivity contribution is 5.83.